The zero-order valence-electron chi connectivity index (χ0n) is 10.8. The molecule has 0 unspecified atom stereocenters. The van der Waals surface area contributed by atoms with E-state index in [2.05, 4.69) is 16.0 Å². The molecule has 0 saturated heterocycles. The monoisotopic (exact) mass is 273 g/mol. The summed E-state index contributed by atoms with van der Waals surface area (Å²) in [6.07, 6.45) is 1.81. The Balaban J connectivity index is 2.24. The molecular formula is C11H19N3O5. The molecule has 1 aliphatic carbocycles. The molecule has 0 heterocycles. The van der Waals surface area contributed by atoms with Gasteiger partial charge in [-0.3, -0.25) is 20.2 Å². The lowest BCUT2D eigenvalue weighted by molar-refractivity contribution is -0.148. The number of carbonyl (C=O) groups is 3. The van der Waals surface area contributed by atoms with Gasteiger partial charge in [-0.2, -0.15) is 0 Å². The van der Waals surface area contributed by atoms with Crippen LogP contribution in [0.3, 0.4) is 0 Å². The summed E-state index contributed by atoms with van der Waals surface area (Å²) in [7, 11) is 1.50. The highest BCUT2D eigenvalue weighted by atomic mass is 16.5. The number of rotatable bonds is 7. The quantitative estimate of drug-likeness (QED) is 0.445. The zero-order valence-corrected chi connectivity index (χ0v) is 10.8. The minimum absolute atomic E-state index is 0.204. The second-order valence-electron chi connectivity index (χ2n) is 4.39. The van der Waals surface area contributed by atoms with Crippen molar-refractivity contribution in [1.82, 2.24) is 16.0 Å². The molecule has 0 spiro atoms. The Labute approximate surface area is 110 Å². The summed E-state index contributed by atoms with van der Waals surface area (Å²) in [4.78, 5) is 33.7. The summed E-state index contributed by atoms with van der Waals surface area (Å²) in [5, 5.41) is 16.2. The molecule has 4 N–H and O–H groups in total. The molecule has 0 aromatic rings. The molecule has 1 saturated carbocycles. The summed E-state index contributed by atoms with van der Waals surface area (Å²) in [6.45, 7) is 0.439. The predicted molar refractivity (Wildman–Crippen MR) is 65.6 cm³/mol. The van der Waals surface area contributed by atoms with E-state index >= 15 is 0 Å². The number of ether oxygens (including phenoxy) is 1. The van der Waals surface area contributed by atoms with Crippen molar-refractivity contribution in [2.24, 2.45) is 0 Å². The fourth-order valence-corrected chi connectivity index (χ4v) is 1.73. The van der Waals surface area contributed by atoms with Crippen molar-refractivity contribution in [2.45, 2.75) is 24.8 Å². The predicted octanol–water partition coefficient (Wildman–Crippen LogP) is -0.944. The molecule has 0 bridgehead atoms. The van der Waals surface area contributed by atoms with E-state index in [1.807, 2.05) is 0 Å². The van der Waals surface area contributed by atoms with Gasteiger partial charge in [-0.05, 0) is 19.3 Å². The molecule has 8 heteroatoms. The third-order valence-electron chi connectivity index (χ3n) is 3.05. The van der Waals surface area contributed by atoms with E-state index in [-0.39, 0.29) is 6.54 Å². The van der Waals surface area contributed by atoms with Gasteiger partial charge in [0.1, 0.15) is 5.54 Å². The molecule has 3 amide bonds. The topological polar surface area (TPSA) is 117 Å². The molecular weight excluding hydrogens is 254 g/mol. The lowest BCUT2D eigenvalue weighted by Crippen LogP contribution is -2.59. The van der Waals surface area contributed by atoms with Crippen molar-refractivity contribution in [1.29, 1.82) is 0 Å². The number of carboxylic acid groups (broad SMARTS) is 1. The van der Waals surface area contributed by atoms with Crippen LogP contribution >= 0.6 is 0 Å². The first-order chi connectivity index (χ1) is 9.00. The summed E-state index contributed by atoms with van der Waals surface area (Å²) in [6, 6.07) is -0.623. The van der Waals surface area contributed by atoms with Gasteiger partial charge < -0.3 is 15.2 Å². The van der Waals surface area contributed by atoms with Crippen LogP contribution in [0.2, 0.25) is 0 Å². The van der Waals surface area contributed by atoms with Gasteiger partial charge in [-0.15, -0.1) is 0 Å². The van der Waals surface area contributed by atoms with Crippen LogP contribution in [0.1, 0.15) is 19.3 Å². The summed E-state index contributed by atoms with van der Waals surface area (Å²) in [5.74, 6) is -1.53. The first-order valence-corrected chi connectivity index (χ1v) is 6.05. The molecule has 108 valence electrons. The van der Waals surface area contributed by atoms with Gasteiger partial charge in [0.05, 0.1) is 13.2 Å². The molecule has 0 radical (unpaired) electrons. The highest BCUT2D eigenvalue weighted by Crippen LogP contribution is 2.31. The van der Waals surface area contributed by atoms with Crippen LogP contribution in [0, 0.1) is 0 Å². The molecule has 19 heavy (non-hydrogen) atoms. The van der Waals surface area contributed by atoms with Crippen molar-refractivity contribution >= 4 is 17.9 Å². The zero-order chi connectivity index (χ0) is 14.3. The second-order valence-corrected chi connectivity index (χ2v) is 4.39. The van der Waals surface area contributed by atoms with E-state index in [0.29, 0.717) is 26.0 Å². The third-order valence-corrected chi connectivity index (χ3v) is 3.05. The van der Waals surface area contributed by atoms with E-state index in [1.54, 1.807) is 0 Å². The molecule has 1 aliphatic rings. The maximum Gasteiger partial charge on any atom is 0.323 e. The van der Waals surface area contributed by atoms with E-state index in [9.17, 15) is 14.4 Å². The smallest absolute Gasteiger partial charge is 0.323 e. The van der Waals surface area contributed by atoms with E-state index < -0.39 is 23.4 Å². The SMILES string of the molecule is COCCNC(=O)NC(=O)CNC1(C(=O)O)CCC1. The minimum Gasteiger partial charge on any atom is -0.480 e. The number of methoxy groups -OCH3 is 1. The first-order valence-electron chi connectivity index (χ1n) is 6.05. The number of imide groups is 1. The van der Waals surface area contributed by atoms with Gasteiger partial charge in [0.15, 0.2) is 0 Å². The van der Waals surface area contributed by atoms with Gasteiger partial charge in [-0.1, -0.05) is 0 Å². The van der Waals surface area contributed by atoms with Crippen molar-refractivity contribution in [2.75, 3.05) is 26.8 Å². The Kier molecular flexibility index (Phi) is 5.71. The van der Waals surface area contributed by atoms with Crippen LogP contribution in [0.5, 0.6) is 0 Å². The molecule has 0 aliphatic heterocycles. The highest BCUT2D eigenvalue weighted by Gasteiger charge is 2.44. The molecule has 0 atom stereocenters. The number of hydrogen-bond donors (Lipinski definition) is 4. The Bertz CT molecular complexity index is 354. The molecule has 1 rings (SSSR count). The number of amides is 3. The van der Waals surface area contributed by atoms with Crippen molar-refractivity contribution < 1.29 is 24.2 Å². The molecule has 0 aromatic carbocycles. The Morgan fingerprint density at radius 3 is 2.47 bits per heavy atom. The fourth-order valence-electron chi connectivity index (χ4n) is 1.73. The number of aliphatic carboxylic acids is 1. The van der Waals surface area contributed by atoms with E-state index in [0.717, 1.165) is 6.42 Å². The second kappa shape index (κ2) is 7.05. The van der Waals surface area contributed by atoms with E-state index in [4.69, 9.17) is 9.84 Å². The summed E-state index contributed by atoms with van der Waals surface area (Å²) in [5.41, 5.74) is -1.01. The van der Waals surface area contributed by atoms with Crippen molar-refractivity contribution in [3.63, 3.8) is 0 Å². The largest absolute Gasteiger partial charge is 0.480 e. The number of hydrogen-bond acceptors (Lipinski definition) is 5. The van der Waals surface area contributed by atoms with Gasteiger partial charge in [0.2, 0.25) is 5.91 Å². The average molecular weight is 273 g/mol. The lowest BCUT2D eigenvalue weighted by Gasteiger charge is -2.38. The van der Waals surface area contributed by atoms with Gasteiger partial charge >= 0.3 is 12.0 Å². The van der Waals surface area contributed by atoms with Crippen LogP contribution in [-0.4, -0.2) is 55.4 Å². The normalized spacial score (nSPS) is 16.3. The first kappa shape index (κ1) is 15.4. The highest BCUT2D eigenvalue weighted by molar-refractivity contribution is 5.95. The standard InChI is InChI=1S/C11H19N3O5/c1-19-6-5-12-10(18)14-8(15)7-13-11(9(16)17)3-2-4-11/h13H,2-7H2,1H3,(H,16,17)(H2,12,14,15,18). The van der Waals surface area contributed by atoms with Crippen molar-refractivity contribution in [3.8, 4) is 0 Å². The Morgan fingerprint density at radius 2 is 2.00 bits per heavy atom. The minimum atomic E-state index is -1.01. The molecule has 0 aromatic heterocycles. The fraction of sp³-hybridized carbons (Fsp3) is 0.727. The van der Waals surface area contributed by atoms with Crippen LogP contribution in [0.25, 0.3) is 0 Å². The third kappa shape index (κ3) is 4.49. The van der Waals surface area contributed by atoms with Crippen LogP contribution in [0.15, 0.2) is 0 Å². The van der Waals surface area contributed by atoms with Gasteiger partial charge in [0, 0.05) is 13.7 Å². The van der Waals surface area contributed by atoms with Gasteiger partial charge in [-0.25, -0.2) is 4.79 Å². The number of carbonyl (C=O) groups excluding carboxylic acids is 2. The van der Waals surface area contributed by atoms with E-state index in [1.165, 1.54) is 7.11 Å². The summed E-state index contributed by atoms with van der Waals surface area (Å²) < 4.78 is 4.73. The maximum atomic E-state index is 11.4. The average Bonchev–Trinajstić information content (AvgIpc) is 2.27. The number of urea groups is 1. The van der Waals surface area contributed by atoms with Crippen LogP contribution in [-0.2, 0) is 14.3 Å². The Hall–Kier alpha value is -1.67. The summed E-state index contributed by atoms with van der Waals surface area (Å²) >= 11 is 0. The maximum absolute atomic E-state index is 11.4. The van der Waals surface area contributed by atoms with Crippen molar-refractivity contribution in [3.05, 3.63) is 0 Å². The molecule has 8 nitrogen and oxygen atoms in total. The van der Waals surface area contributed by atoms with Gasteiger partial charge in [0.25, 0.3) is 0 Å². The number of nitrogens with one attached hydrogen (secondary N) is 3. The molecule has 1 fully saturated rings. The van der Waals surface area contributed by atoms with Crippen LogP contribution < -0.4 is 16.0 Å². The number of carboxylic acids is 1. The van der Waals surface area contributed by atoms with Crippen LogP contribution in [0.4, 0.5) is 4.79 Å². The Morgan fingerprint density at radius 1 is 1.32 bits per heavy atom. The lowest BCUT2D eigenvalue weighted by atomic mass is 9.77.